The standard InChI is InChI=1S/C28H34N2O3/c1-21(31)27(29(2)19-22-11-15-25(32-4)16-12-22)28(24-9-7-6-8-10-24)30(3)20-23-13-17-26(33-5)18-14-23/h6-18,27-28H,19-20H2,1-5H3. The van der Waals surface area contributed by atoms with E-state index in [-0.39, 0.29) is 17.9 Å². The van der Waals surface area contributed by atoms with Crippen LogP contribution in [0.3, 0.4) is 0 Å². The zero-order valence-corrected chi connectivity index (χ0v) is 20.2. The Bertz CT molecular complexity index is 1000. The van der Waals surface area contributed by atoms with Gasteiger partial charge >= 0.3 is 0 Å². The zero-order valence-electron chi connectivity index (χ0n) is 20.2. The van der Waals surface area contributed by atoms with E-state index in [0.29, 0.717) is 13.1 Å². The summed E-state index contributed by atoms with van der Waals surface area (Å²) in [6.45, 7) is 3.06. The van der Waals surface area contributed by atoms with E-state index in [1.54, 1.807) is 21.1 Å². The Balaban J connectivity index is 1.88. The summed E-state index contributed by atoms with van der Waals surface area (Å²) < 4.78 is 10.6. The van der Waals surface area contributed by atoms with E-state index in [1.807, 2.05) is 61.6 Å². The van der Waals surface area contributed by atoms with E-state index in [1.165, 1.54) is 5.56 Å². The second kappa shape index (κ2) is 11.6. The van der Waals surface area contributed by atoms with Crippen molar-refractivity contribution in [3.05, 3.63) is 95.6 Å². The van der Waals surface area contributed by atoms with Crippen molar-refractivity contribution in [3.8, 4) is 11.5 Å². The lowest BCUT2D eigenvalue weighted by atomic mass is 9.93. The van der Waals surface area contributed by atoms with Crippen LogP contribution >= 0.6 is 0 Å². The fourth-order valence-corrected chi connectivity index (χ4v) is 4.34. The third-order valence-electron chi connectivity index (χ3n) is 5.99. The Kier molecular flexibility index (Phi) is 8.64. The topological polar surface area (TPSA) is 42.0 Å². The van der Waals surface area contributed by atoms with Crippen LogP contribution in [0.5, 0.6) is 11.5 Å². The monoisotopic (exact) mass is 446 g/mol. The number of Topliss-reactive ketones (excluding diaryl/α,β-unsaturated/α-hetero) is 1. The van der Waals surface area contributed by atoms with Gasteiger partial charge in [0.25, 0.3) is 0 Å². The van der Waals surface area contributed by atoms with Gasteiger partial charge in [-0.25, -0.2) is 0 Å². The highest BCUT2D eigenvalue weighted by molar-refractivity contribution is 5.82. The molecule has 33 heavy (non-hydrogen) atoms. The number of benzene rings is 3. The molecule has 0 amide bonds. The number of carbonyl (C=O) groups excluding carboxylic acids is 1. The minimum absolute atomic E-state index is 0.103. The average molecular weight is 447 g/mol. The molecular weight excluding hydrogens is 412 g/mol. The van der Waals surface area contributed by atoms with Gasteiger partial charge in [-0.3, -0.25) is 14.6 Å². The van der Waals surface area contributed by atoms with Gasteiger partial charge in [0.15, 0.2) is 0 Å². The summed E-state index contributed by atoms with van der Waals surface area (Å²) >= 11 is 0. The van der Waals surface area contributed by atoms with Gasteiger partial charge in [-0.15, -0.1) is 0 Å². The number of ether oxygens (including phenoxy) is 2. The molecule has 2 unspecified atom stereocenters. The van der Waals surface area contributed by atoms with Crippen LogP contribution in [-0.4, -0.2) is 49.9 Å². The van der Waals surface area contributed by atoms with Crippen LogP contribution < -0.4 is 9.47 Å². The summed E-state index contributed by atoms with van der Waals surface area (Å²) in [7, 11) is 7.44. The molecule has 5 nitrogen and oxygen atoms in total. The molecular formula is C28H34N2O3. The van der Waals surface area contributed by atoms with E-state index in [0.717, 1.165) is 22.6 Å². The molecule has 0 aliphatic heterocycles. The number of likely N-dealkylation sites (N-methyl/N-ethyl adjacent to an activating group) is 2. The van der Waals surface area contributed by atoms with Crippen molar-refractivity contribution in [1.29, 1.82) is 0 Å². The molecule has 2 atom stereocenters. The van der Waals surface area contributed by atoms with Crippen LogP contribution in [-0.2, 0) is 17.9 Å². The third-order valence-corrected chi connectivity index (χ3v) is 5.99. The first-order chi connectivity index (χ1) is 15.9. The predicted octanol–water partition coefficient (Wildman–Crippen LogP) is 4.97. The van der Waals surface area contributed by atoms with Crippen molar-refractivity contribution in [2.45, 2.75) is 32.1 Å². The molecule has 5 heteroatoms. The van der Waals surface area contributed by atoms with Crippen molar-refractivity contribution < 1.29 is 14.3 Å². The summed E-state index contributed by atoms with van der Waals surface area (Å²) in [4.78, 5) is 17.4. The fourth-order valence-electron chi connectivity index (χ4n) is 4.34. The first-order valence-electron chi connectivity index (χ1n) is 11.1. The first-order valence-corrected chi connectivity index (χ1v) is 11.1. The van der Waals surface area contributed by atoms with E-state index in [2.05, 4.69) is 41.1 Å². The molecule has 3 aromatic rings. The van der Waals surface area contributed by atoms with Gasteiger partial charge in [0.1, 0.15) is 17.3 Å². The SMILES string of the molecule is COc1ccc(CN(C)C(C(C)=O)C(c2ccccc2)N(C)Cc2ccc(OC)cc2)cc1. The number of hydrogen-bond acceptors (Lipinski definition) is 5. The Morgan fingerprint density at radius 1 is 0.727 bits per heavy atom. The summed E-state index contributed by atoms with van der Waals surface area (Å²) in [5.74, 6) is 1.80. The lowest BCUT2D eigenvalue weighted by Gasteiger charge is -2.39. The molecule has 0 heterocycles. The summed E-state index contributed by atoms with van der Waals surface area (Å²) in [6.07, 6.45) is 0. The Morgan fingerprint density at radius 2 is 1.18 bits per heavy atom. The number of ketones is 1. The van der Waals surface area contributed by atoms with E-state index >= 15 is 0 Å². The Morgan fingerprint density at radius 3 is 1.61 bits per heavy atom. The molecule has 0 aliphatic carbocycles. The molecule has 0 bridgehead atoms. The third kappa shape index (κ3) is 6.44. The average Bonchev–Trinajstić information content (AvgIpc) is 2.83. The van der Waals surface area contributed by atoms with Gasteiger partial charge in [0, 0.05) is 13.1 Å². The van der Waals surface area contributed by atoms with E-state index in [4.69, 9.17) is 9.47 Å². The maximum absolute atomic E-state index is 13.0. The van der Waals surface area contributed by atoms with Crippen molar-refractivity contribution in [2.75, 3.05) is 28.3 Å². The smallest absolute Gasteiger partial charge is 0.148 e. The van der Waals surface area contributed by atoms with Crippen molar-refractivity contribution in [3.63, 3.8) is 0 Å². The molecule has 0 aliphatic rings. The second-order valence-electron chi connectivity index (χ2n) is 8.44. The maximum atomic E-state index is 13.0. The number of nitrogens with zero attached hydrogens (tertiary/aromatic N) is 2. The van der Waals surface area contributed by atoms with Crippen LogP contribution in [0.2, 0.25) is 0 Å². The molecule has 3 aromatic carbocycles. The van der Waals surface area contributed by atoms with E-state index < -0.39 is 0 Å². The van der Waals surface area contributed by atoms with Crippen LogP contribution in [0.1, 0.15) is 29.7 Å². The number of methoxy groups -OCH3 is 2. The summed E-state index contributed by atoms with van der Waals surface area (Å²) in [6, 6.07) is 26.0. The Hall–Kier alpha value is -3.15. The molecule has 0 N–H and O–H groups in total. The predicted molar refractivity (Wildman–Crippen MR) is 133 cm³/mol. The van der Waals surface area contributed by atoms with Gasteiger partial charge in [0.05, 0.1) is 26.3 Å². The van der Waals surface area contributed by atoms with Gasteiger partial charge in [-0.1, -0.05) is 54.6 Å². The van der Waals surface area contributed by atoms with Gasteiger partial charge < -0.3 is 9.47 Å². The molecule has 0 spiro atoms. The fraction of sp³-hybridized carbons (Fsp3) is 0.321. The lowest BCUT2D eigenvalue weighted by molar-refractivity contribution is -0.124. The highest BCUT2D eigenvalue weighted by atomic mass is 16.5. The molecule has 0 radical (unpaired) electrons. The molecule has 0 aromatic heterocycles. The minimum Gasteiger partial charge on any atom is -0.497 e. The van der Waals surface area contributed by atoms with Crippen LogP contribution in [0, 0.1) is 0 Å². The van der Waals surface area contributed by atoms with Gasteiger partial charge in [-0.2, -0.15) is 0 Å². The normalized spacial score (nSPS) is 13.1. The van der Waals surface area contributed by atoms with E-state index in [9.17, 15) is 4.79 Å². The molecule has 0 fully saturated rings. The number of carbonyl (C=O) groups is 1. The van der Waals surface area contributed by atoms with Crippen LogP contribution in [0.4, 0.5) is 0 Å². The molecule has 0 saturated carbocycles. The molecule has 3 rings (SSSR count). The zero-order chi connectivity index (χ0) is 23.8. The molecule has 174 valence electrons. The van der Waals surface area contributed by atoms with Crippen molar-refractivity contribution >= 4 is 5.78 Å². The van der Waals surface area contributed by atoms with Crippen molar-refractivity contribution in [1.82, 2.24) is 9.80 Å². The Labute approximate surface area is 197 Å². The lowest BCUT2D eigenvalue weighted by Crippen LogP contribution is -2.47. The first kappa shape index (κ1) is 24.5. The highest BCUT2D eigenvalue weighted by Crippen LogP contribution is 2.30. The number of hydrogen-bond donors (Lipinski definition) is 0. The largest absolute Gasteiger partial charge is 0.497 e. The van der Waals surface area contributed by atoms with Crippen LogP contribution in [0.15, 0.2) is 78.9 Å². The van der Waals surface area contributed by atoms with Gasteiger partial charge in [0.2, 0.25) is 0 Å². The molecule has 0 saturated heterocycles. The van der Waals surface area contributed by atoms with Crippen LogP contribution in [0.25, 0.3) is 0 Å². The summed E-state index contributed by atoms with van der Waals surface area (Å²) in [5.41, 5.74) is 3.42. The highest BCUT2D eigenvalue weighted by Gasteiger charge is 2.33. The quantitative estimate of drug-likeness (QED) is 0.416. The minimum atomic E-state index is -0.308. The van der Waals surface area contributed by atoms with Gasteiger partial charge in [-0.05, 0) is 62.0 Å². The second-order valence-corrected chi connectivity index (χ2v) is 8.44. The summed E-state index contributed by atoms with van der Waals surface area (Å²) in [5, 5.41) is 0. The van der Waals surface area contributed by atoms with Crippen molar-refractivity contribution in [2.24, 2.45) is 0 Å². The maximum Gasteiger partial charge on any atom is 0.148 e. The number of rotatable bonds is 11.